The van der Waals surface area contributed by atoms with E-state index in [-0.39, 0.29) is 29.1 Å². The topological polar surface area (TPSA) is 127 Å². The fourth-order valence-corrected chi connectivity index (χ4v) is 2.45. The first-order chi connectivity index (χ1) is 11.6. The molecule has 9 nitrogen and oxygen atoms in total. The Kier molecular flexibility index (Phi) is 4.15. The van der Waals surface area contributed by atoms with Crippen molar-refractivity contribution in [3.05, 3.63) is 46.5 Å². The molecule has 3 rings (SSSR count). The smallest absolute Gasteiger partial charge is 0.337 e. The number of nitrogens with zero attached hydrogens (tertiary/aromatic N) is 2. The molecule has 4 N–H and O–H groups in total. The minimum Gasteiger partial charge on any atom is -0.478 e. The molecule has 124 valence electrons. The molecule has 1 amide bonds. The van der Waals surface area contributed by atoms with E-state index in [1.807, 2.05) is 0 Å². The second-order valence-electron chi connectivity index (χ2n) is 5.18. The van der Waals surface area contributed by atoms with Gasteiger partial charge in [-0.3, -0.25) is 9.59 Å². The Bertz CT molecular complexity index is 848. The Labute approximate surface area is 136 Å². The molecule has 0 radical (unpaired) electrons. The summed E-state index contributed by atoms with van der Waals surface area (Å²) in [6.45, 7) is 0.728. The number of hydrogen-bond donors (Lipinski definition) is 4. The summed E-state index contributed by atoms with van der Waals surface area (Å²) in [4.78, 5) is 43.2. The van der Waals surface area contributed by atoms with Crippen molar-refractivity contribution in [1.29, 1.82) is 0 Å². The molecule has 1 aliphatic rings. The second kappa shape index (κ2) is 6.41. The number of H-pyrrole nitrogens is 1. The summed E-state index contributed by atoms with van der Waals surface area (Å²) < 4.78 is 0. The zero-order chi connectivity index (χ0) is 17.1. The minimum atomic E-state index is -1.10. The molecule has 2 aromatic rings. The lowest BCUT2D eigenvalue weighted by Gasteiger charge is -2.16. The average molecular weight is 329 g/mol. The average Bonchev–Trinajstić information content (AvgIpc) is 2.98. The van der Waals surface area contributed by atoms with E-state index in [4.69, 9.17) is 5.11 Å². The van der Waals surface area contributed by atoms with Crippen LogP contribution in [0.5, 0.6) is 0 Å². The van der Waals surface area contributed by atoms with Crippen LogP contribution in [-0.4, -0.2) is 40.2 Å². The molecule has 0 unspecified atom stereocenters. The number of carbonyl (C=O) groups excluding carboxylic acids is 1. The predicted molar refractivity (Wildman–Crippen MR) is 87.3 cm³/mol. The molecule has 9 heteroatoms. The molecule has 0 aliphatic carbocycles. The third-order valence-corrected chi connectivity index (χ3v) is 3.62. The maximum absolute atomic E-state index is 12.1. The van der Waals surface area contributed by atoms with Crippen LogP contribution in [0.15, 0.2) is 35.4 Å². The van der Waals surface area contributed by atoms with Crippen LogP contribution in [0.1, 0.15) is 16.8 Å². The van der Waals surface area contributed by atoms with Crippen molar-refractivity contribution >= 4 is 29.1 Å². The molecule has 1 aromatic carbocycles. The summed E-state index contributed by atoms with van der Waals surface area (Å²) in [7, 11) is 0. The van der Waals surface area contributed by atoms with Gasteiger partial charge in [0.25, 0.3) is 5.56 Å². The highest BCUT2D eigenvalue weighted by Crippen LogP contribution is 2.24. The summed E-state index contributed by atoms with van der Waals surface area (Å²) in [5.41, 5.74) is 0.410. The number of benzene rings is 1. The molecule has 0 fully saturated rings. The van der Waals surface area contributed by atoms with Crippen molar-refractivity contribution < 1.29 is 14.7 Å². The number of nitrogens with one attached hydrogen (secondary N) is 3. The van der Waals surface area contributed by atoms with Gasteiger partial charge in [0.05, 0.1) is 24.2 Å². The van der Waals surface area contributed by atoms with Crippen molar-refractivity contribution in [2.24, 2.45) is 0 Å². The highest BCUT2D eigenvalue weighted by molar-refractivity contribution is 6.00. The van der Waals surface area contributed by atoms with E-state index in [2.05, 4.69) is 20.6 Å². The monoisotopic (exact) mass is 329 g/mol. The van der Waals surface area contributed by atoms with E-state index in [9.17, 15) is 14.4 Å². The molecule has 0 bridgehead atoms. The number of carbonyl (C=O) groups is 2. The number of carboxylic acids is 1. The molecule has 0 atom stereocenters. The van der Waals surface area contributed by atoms with Crippen molar-refractivity contribution in [1.82, 2.24) is 9.97 Å². The minimum absolute atomic E-state index is 0.0345. The standard InChI is InChI=1S/C15H15N5O4/c21-11(19-10-4-2-1-3-9(10)15(23)24)5-6-20-8-18-12-13(20)16-7-17-14(12)22/h1-4,7,18H,5-6,8H2,(H,19,21)(H,23,24)(H,16,17,22). The van der Waals surface area contributed by atoms with Gasteiger partial charge in [-0.25, -0.2) is 9.78 Å². The van der Waals surface area contributed by atoms with Crippen LogP contribution < -0.4 is 21.1 Å². The third-order valence-electron chi connectivity index (χ3n) is 3.62. The number of carboxylic acid groups (broad SMARTS) is 1. The number of rotatable bonds is 5. The number of aromatic carboxylic acids is 1. The number of aromatic amines is 1. The number of amides is 1. The van der Waals surface area contributed by atoms with Gasteiger partial charge in [-0.15, -0.1) is 0 Å². The van der Waals surface area contributed by atoms with Crippen LogP contribution in [-0.2, 0) is 4.79 Å². The van der Waals surface area contributed by atoms with Gasteiger partial charge in [0.15, 0.2) is 5.82 Å². The Morgan fingerprint density at radius 1 is 1.33 bits per heavy atom. The lowest BCUT2D eigenvalue weighted by Crippen LogP contribution is -2.28. The number of aromatic nitrogens is 2. The van der Waals surface area contributed by atoms with Gasteiger partial charge in [0, 0.05) is 13.0 Å². The molecule has 0 saturated carbocycles. The van der Waals surface area contributed by atoms with Crippen molar-refractivity contribution in [3.8, 4) is 0 Å². The zero-order valence-corrected chi connectivity index (χ0v) is 12.6. The first-order valence-electron chi connectivity index (χ1n) is 7.25. The van der Waals surface area contributed by atoms with Crippen LogP contribution in [0.2, 0.25) is 0 Å². The summed E-state index contributed by atoms with van der Waals surface area (Å²) >= 11 is 0. The summed E-state index contributed by atoms with van der Waals surface area (Å²) in [5, 5.41) is 14.6. The molecule has 0 spiro atoms. The van der Waals surface area contributed by atoms with E-state index >= 15 is 0 Å². The summed E-state index contributed by atoms with van der Waals surface area (Å²) in [6.07, 6.45) is 1.44. The summed E-state index contributed by atoms with van der Waals surface area (Å²) in [5.74, 6) is -0.925. The lowest BCUT2D eigenvalue weighted by atomic mass is 10.2. The van der Waals surface area contributed by atoms with Crippen molar-refractivity contribution in [3.63, 3.8) is 0 Å². The fourth-order valence-electron chi connectivity index (χ4n) is 2.45. The van der Waals surface area contributed by atoms with Gasteiger partial charge in [0.2, 0.25) is 5.91 Å². The van der Waals surface area contributed by atoms with Gasteiger partial charge < -0.3 is 25.6 Å². The maximum Gasteiger partial charge on any atom is 0.337 e. The van der Waals surface area contributed by atoms with Gasteiger partial charge in [-0.2, -0.15) is 0 Å². The molecule has 1 aliphatic heterocycles. The lowest BCUT2D eigenvalue weighted by molar-refractivity contribution is -0.116. The van der Waals surface area contributed by atoms with Gasteiger partial charge in [-0.05, 0) is 12.1 Å². The number of hydrogen-bond acceptors (Lipinski definition) is 6. The molecule has 0 saturated heterocycles. The van der Waals surface area contributed by atoms with Gasteiger partial charge >= 0.3 is 5.97 Å². The number of fused-ring (bicyclic) bond motifs is 1. The predicted octanol–water partition coefficient (Wildman–Crippen LogP) is 0.686. The summed E-state index contributed by atoms with van der Waals surface area (Å²) in [6, 6.07) is 6.21. The third kappa shape index (κ3) is 3.05. The highest BCUT2D eigenvalue weighted by Gasteiger charge is 2.23. The van der Waals surface area contributed by atoms with Crippen molar-refractivity contribution in [2.45, 2.75) is 6.42 Å². The van der Waals surface area contributed by atoms with E-state index in [1.165, 1.54) is 18.5 Å². The van der Waals surface area contributed by atoms with Gasteiger partial charge in [-0.1, -0.05) is 12.1 Å². The van der Waals surface area contributed by atoms with E-state index < -0.39 is 5.97 Å². The maximum atomic E-state index is 12.1. The van der Waals surface area contributed by atoms with Crippen LogP contribution in [0.25, 0.3) is 0 Å². The van der Waals surface area contributed by atoms with E-state index in [0.717, 1.165) is 0 Å². The first-order valence-corrected chi connectivity index (χ1v) is 7.25. The molecular formula is C15H15N5O4. The van der Waals surface area contributed by atoms with Crippen LogP contribution in [0.4, 0.5) is 17.2 Å². The molecule has 2 heterocycles. The van der Waals surface area contributed by atoms with Crippen LogP contribution in [0.3, 0.4) is 0 Å². The Morgan fingerprint density at radius 3 is 2.92 bits per heavy atom. The van der Waals surface area contributed by atoms with E-state index in [1.54, 1.807) is 17.0 Å². The SMILES string of the molecule is O=C(CCN1CNc2c1nc[nH]c2=O)Nc1ccccc1C(=O)O. The largest absolute Gasteiger partial charge is 0.478 e. The second-order valence-corrected chi connectivity index (χ2v) is 5.18. The van der Waals surface area contributed by atoms with E-state index in [0.29, 0.717) is 24.7 Å². The molecule has 1 aromatic heterocycles. The van der Waals surface area contributed by atoms with Gasteiger partial charge in [0.1, 0.15) is 5.69 Å². The Hall–Kier alpha value is -3.36. The molecule has 24 heavy (non-hydrogen) atoms. The van der Waals surface area contributed by atoms with Crippen LogP contribution >= 0.6 is 0 Å². The Morgan fingerprint density at radius 2 is 2.12 bits per heavy atom. The van der Waals surface area contributed by atoms with Crippen LogP contribution in [0, 0.1) is 0 Å². The first kappa shape index (κ1) is 15.5. The quantitative estimate of drug-likeness (QED) is 0.635. The molecular weight excluding hydrogens is 314 g/mol. The van der Waals surface area contributed by atoms with Crippen molar-refractivity contribution in [2.75, 3.05) is 28.7 Å². The number of anilines is 3. The zero-order valence-electron chi connectivity index (χ0n) is 12.6. The normalized spacial score (nSPS) is 12.4. The number of para-hydroxylation sites is 1. The highest BCUT2D eigenvalue weighted by atomic mass is 16.4. The fraction of sp³-hybridized carbons (Fsp3) is 0.200. The Balaban J connectivity index is 1.63.